The van der Waals surface area contributed by atoms with Crippen LogP contribution in [0.2, 0.25) is 0 Å². The zero-order chi connectivity index (χ0) is 26.6. The summed E-state index contributed by atoms with van der Waals surface area (Å²) in [5.74, 6) is 0. The van der Waals surface area contributed by atoms with Crippen molar-refractivity contribution in [2.24, 2.45) is 0 Å². The molecule has 2 nitrogen and oxygen atoms in total. The van der Waals surface area contributed by atoms with Crippen LogP contribution in [-0.4, -0.2) is 4.57 Å². The molecule has 4 heteroatoms. The van der Waals surface area contributed by atoms with Gasteiger partial charge in [0.25, 0.3) is 0 Å². The molecule has 0 atom stereocenters. The number of hydrogen-bond donors (Lipinski definition) is 0. The van der Waals surface area contributed by atoms with Gasteiger partial charge in [0, 0.05) is 36.5 Å². The summed E-state index contributed by atoms with van der Waals surface area (Å²) in [4.78, 5) is 0. The SMILES string of the molecule is N#Cc1cccc(-n2c3ccccc3c3c4sc5ccccc5c4ccc32)c1-c1cc[c-]c(-c2[c-]cccc2)c1.[U+2]. The third-order valence-electron chi connectivity index (χ3n) is 7.67. The largest absolute Gasteiger partial charge is 2.00 e. The van der Waals surface area contributed by atoms with Crippen molar-refractivity contribution < 1.29 is 31.1 Å². The molecule has 0 aliphatic carbocycles. The third kappa shape index (κ3) is 4.05. The molecular weight excluding hydrogens is 743 g/mol. The Morgan fingerprint density at radius 1 is 0.659 bits per heavy atom. The van der Waals surface area contributed by atoms with Crippen molar-refractivity contribution in [1.29, 1.82) is 5.26 Å². The molecule has 0 N–H and O–H groups in total. The number of nitrogens with zero attached hydrogens (tertiary/aromatic N) is 2. The predicted octanol–water partition coefficient (Wildman–Crippen LogP) is 9.96. The number of fused-ring (bicyclic) bond motifs is 7. The molecule has 8 rings (SSSR count). The van der Waals surface area contributed by atoms with Crippen molar-refractivity contribution in [3.63, 3.8) is 0 Å². The van der Waals surface area contributed by atoms with Crippen LogP contribution in [0.25, 0.3) is 69.9 Å². The van der Waals surface area contributed by atoms with E-state index in [2.05, 4.69) is 95.6 Å². The summed E-state index contributed by atoms with van der Waals surface area (Å²) in [6.07, 6.45) is 0. The van der Waals surface area contributed by atoms with Gasteiger partial charge in [0.2, 0.25) is 0 Å². The van der Waals surface area contributed by atoms with Crippen LogP contribution in [-0.2, 0) is 0 Å². The maximum absolute atomic E-state index is 10.3. The summed E-state index contributed by atoms with van der Waals surface area (Å²) in [6.45, 7) is 0. The van der Waals surface area contributed by atoms with Gasteiger partial charge in [-0.1, -0.05) is 48.5 Å². The molecule has 41 heavy (non-hydrogen) atoms. The molecule has 0 spiro atoms. The van der Waals surface area contributed by atoms with Gasteiger partial charge in [-0.15, -0.1) is 29.0 Å². The fraction of sp³-hybridized carbons (Fsp3) is 0. The summed E-state index contributed by atoms with van der Waals surface area (Å²) >= 11 is 1.85. The standard InChI is InChI=1S/C37H20N2S.U/c38-23-27-14-9-18-32(35(27)26-13-8-12-25(22-26)24-10-2-1-3-11-24)39-31-17-6-4-16-30(31)36-33(39)21-20-29-28-15-5-7-19-34(28)40-37(29)36;/h1-10,13-22H;/q-2;+2. The van der Waals surface area contributed by atoms with Crippen molar-refractivity contribution in [3.05, 3.63) is 139 Å². The molecule has 0 saturated carbocycles. The van der Waals surface area contributed by atoms with E-state index < -0.39 is 0 Å². The topological polar surface area (TPSA) is 28.7 Å². The number of para-hydroxylation sites is 1. The third-order valence-corrected chi connectivity index (χ3v) is 8.88. The van der Waals surface area contributed by atoms with Crippen LogP contribution in [0.4, 0.5) is 0 Å². The van der Waals surface area contributed by atoms with Crippen LogP contribution in [0.15, 0.2) is 121 Å². The molecule has 0 aliphatic heterocycles. The van der Waals surface area contributed by atoms with E-state index in [1.807, 2.05) is 59.9 Å². The van der Waals surface area contributed by atoms with Crippen molar-refractivity contribution in [2.45, 2.75) is 0 Å². The summed E-state index contributed by atoms with van der Waals surface area (Å²) in [5, 5.41) is 15.3. The number of nitriles is 1. The van der Waals surface area contributed by atoms with E-state index in [-0.39, 0.29) is 31.1 Å². The van der Waals surface area contributed by atoms with Crippen LogP contribution >= 0.6 is 11.3 Å². The Balaban J connectivity index is 0.00000276. The minimum Gasteiger partial charge on any atom is -0.309 e. The average molecular weight is 763 g/mol. The number of benzene rings is 6. The molecule has 188 valence electrons. The molecule has 0 radical (unpaired) electrons. The van der Waals surface area contributed by atoms with Gasteiger partial charge in [-0.05, 0) is 30.3 Å². The van der Waals surface area contributed by atoms with Gasteiger partial charge in [-0.3, -0.25) is 0 Å². The Kier molecular flexibility index (Phi) is 6.53. The van der Waals surface area contributed by atoms with Gasteiger partial charge in [-0.25, -0.2) is 11.1 Å². The molecule has 0 fully saturated rings. The second-order valence-electron chi connectivity index (χ2n) is 9.87. The van der Waals surface area contributed by atoms with E-state index in [9.17, 15) is 5.26 Å². The first kappa shape index (κ1) is 25.8. The van der Waals surface area contributed by atoms with E-state index in [0.717, 1.165) is 39.0 Å². The fourth-order valence-electron chi connectivity index (χ4n) is 5.96. The zero-order valence-electron chi connectivity index (χ0n) is 21.8. The summed E-state index contributed by atoms with van der Waals surface area (Å²) in [6, 6.07) is 50.9. The average Bonchev–Trinajstić information content (AvgIpc) is 3.57. The molecule has 2 aromatic heterocycles. The van der Waals surface area contributed by atoms with E-state index >= 15 is 0 Å². The van der Waals surface area contributed by atoms with E-state index in [1.165, 1.54) is 30.9 Å². The van der Waals surface area contributed by atoms with Crippen LogP contribution in [0.5, 0.6) is 0 Å². The molecule has 0 unspecified atom stereocenters. The van der Waals surface area contributed by atoms with E-state index in [1.54, 1.807) is 0 Å². The Bertz CT molecular complexity index is 2290. The van der Waals surface area contributed by atoms with E-state index in [0.29, 0.717) is 5.56 Å². The predicted molar refractivity (Wildman–Crippen MR) is 167 cm³/mol. The van der Waals surface area contributed by atoms with Gasteiger partial charge in [0.1, 0.15) is 0 Å². The van der Waals surface area contributed by atoms with Gasteiger partial charge < -0.3 is 4.57 Å². The van der Waals surface area contributed by atoms with Crippen molar-refractivity contribution >= 4 is 53.3 Å². The number of rotatable bonds is 3. The maximum atomic E-state index is 10.3. The molecule has 0 aliphatic rings. The molecule has 8 aromatic rings. The smallest absolute Gasteiger partial charge is 0.309 e. The molecule has 6 aromatic carbocycles. The summed E-state index contributed by atoms with van der Waals surface area (Å²) in [5.41, 5.74) is 7.70. The quantitative estimate of drug-likeness (QED) is 0.165. The normalized spacial score (nSPS) is 11.2. The van der Waals surface area contributed by atoms with Crippen LogP contribution < -0.4 is 0 Å². The Morgan fingerprint density at radius 3 is 2.32 bits per heavy atom. The van der Waals surface area contributed by atoms with Crippen molar-refractivity contribution in [2.75, 3.05) is 0 Å². The summed E-state index contributed by atoms with van der Waals surface area (Å²) in [7, 11) is 0. The van der Waals surface area contributed by atoms with Crippen molar-refractivity contribution in [3.8, 4) is 34.0 Å². The maximum Gasteiger partial charge on any atom is 2.00 e. The Hall–Kier alpha value is -4.12. The second-order valence-corrected chi connectivity index (χ2v) is 10.9. The van der Waals surface area contributed by atoms with E-state index in [4.69, 9.17) is 0 Å². The molecule has 0 amide bonds. The molecule has 2 heterocycles. The molecular formula is C37H20N2SU. The number of aromatic nitrogens is 1. The first-order valence-corrected chi connectivity index (χ1v) is 14.0. The zero-order valence-corrected chi connectivity index (χ0v) is 26.8. The van der Waals surface area contributed by atoms with Crippen LogP contribution in [0.3, 0.4) is 0 Å². The Labute approximate surface area is 265 Å². The van der Waals surface area contributed by atoms with Gasteiger partial charge in [0.05, 0.1) is 28.4 Å². The first-order chi connectivity index (χ1) is 19.8. The second kappa shape index (κ2) is 10.4. The minimum atomic E-state index is 0. The number of hydrogen-bond acceptors (Lipinski definition) is 2. The fourth-order valence-corrected chi connectivity index (χ4v) is 7.21. The van der Waals surface area contributed by atoms with Gasteiger partial charge in [0.15, 0.2) is 0 Å². The van der Waals surface area contributed by atoms with Crippen LogP contribution in [0, 0.1) is 54.6 Å². The number of thiophene rings is 1. The van der Waals surface area contributed by atoms with Crippen LogP contribution in [0.1, 0.15) is 5.56 Å². The molecule has 0 saturated heterocycles. The Morgan fingerprint density at radius 2 is 1.46 bits per heavy atom. The summed E-state index contributed by atoms with van der Waals surface area (Å²) < 4.78 is 4.91. The van der Waals surface area contributed by atoms with Crippen molar-refractivity contribution in [1.82, 2.24) is 4.57 Å². The van der Waals surface area contributed by atoms with Gasteiger partial charge >= 0.3 is 31.1 Å². The minimum absolute atomic E-state index is 0. The first-order valence-electron chi connectivity index (χ1n) is 13.2. The molecule has 0 bridgehead atoms. The monoisotopic (exact) mass is 762 g/mol. The van der Waals surface area contributed by atoms with Gasteiger partial charge in [-0.2, -0.15) is 47.7 Å².